The Hall–Kier alpha value is 0.0700. The highest BCUT2D eigenvalue weighted by molar-refractivity contribution is 7.80. The van der Waals surface area contributed by atoms with E-state index in [4.69, 9.17) is 23.2 Å². The van der Waals surface area contributed by atoms with Crippen molar-refractivity contribution < 1.29 is 10.2 Å². The summed E-state index contributed by atoms with van der Waals surface area (Å²) < 4.78 is 0. The first kappa shape index (κ1) is 13.1. The van der Waals surface area contributed by atoms with E-state index in [0.29, 0.717) is 27.8 Å². The molecule has 0 saturated carbocycles. The molecule has 5 heteroatoms. The maximum atomic E-state index is 9.77. The van der Waals surface area contributed by atoms with Crippen LogP contribution in [0.3, 0.4) is 0 Å². The van der Waals surface area contributed by atoms with Crippen molar-refractivity contribution in [3.05, 3.63) is 33.8 Å². The van der Waals surface area contributed by atoms with Crippen molar-refractivity contribution in [1.29, 1.82) is 0 Å². The van der Waals surface area contributed by atoms with E-state index in [1.807, 2.05) is 0 Å². The lowest BCUT2D eigenvalue weighted by Gasteiger charge is -2.17. The van der Waals surface area contributed by atoms with Crippen LogP contribution in [-0.2, 0) is 0 Å². The largest absolute Gasteiger partial charge is 0.390 e. The van der Waals surface area contributed by atoms with Crippen LogP contribution in [0.1, 0.15) is 18.1 Å². The fourth-order valence-electron chi connectivity index (χ4n) is 1.26. The number of hydrogen-bond donors (Lipinski definition) is 3. The first-order valence-corrected chi connectivity index (χ1v) is 5.86. The minimum atomic E-state index is -0.978. The number of benzene rings is 1. The van der Waals surface area contributed by atoms with Gasteiger partial charge in [0.1, 0.15) is 6.10 Å². The van der Waals surface area contributed by atoms with Gasteiger partial charge in [0.2, 0.25) is 0 Å². The van der Waals surface area contributed by atoms with E-state index in [2.05, 4.69) is 12.6 Å². The third kappa shape index (κ3) is 3.85. The molecule has 0 aliphatic heterocycles. The highest BCUT2D eigenvalue weighted by atomic mass is 35.5. The molecule has 1 rings (SSSR count). The lowest BCUT2D eigenvalue weighted by atomic mass is 10.0. The van der Waals surface area contributed by atoms with Gasteiger partial charge >= 0.3 is 0 Å². The molecule has 1 aromatic carbocycles. The summed E-state index contributed by atoms with van der Waals surface area (Å²) in [5.74, 6) is 0.506. The summed E-state index contributed by atoms with van der Waals surface area (Å²) in [4.78, 5) is 0. The zero-order chi connectivity index (χ0) is 11.4. The molecule has 2 nitrogen and oxygen atoms in total. The molecule has 0 aliphatic rings. The zero-order valence-corrected chi connectivity index (χ0v) is 10.3. The fourth-order valence-corrected chi connectivity index (χ4v) is 2.07. The molecule has 2 atom stereocenters. The molecule has 0 radical (unpaired) electrons. The summed E-state index contributed by atoms with van der Waals surface area (Å²) in [6.45, 7) is 0. The number of hydrogen-bond acceptors (Lipinski definition) is 3. The van der Waals surface area contributed by atoms with E-state index in [-0.39, 0.29) is 0 Å². The third-order valence-electron chi connectivity index (χ3n) is 2.02. The molecular formula is C10H12Cl2O2S. The zero-order valence-electron chi connectivity index (χ0n) is 7.90. The molecule has 0 aromatic heterocycles. The van der Waals surface area contributed by atoms with Gasteiger partial charge in [0.15, 0.2) is 0 Å². The second kappa shape index (κ2) is 5.97. The van der Waals surface area contributed by atoms with Crippen LogP contribution < -0.4 is 0 Å². The summed E-state index contributed by atoms with van der Waals surface area (Å²) >= 11 is 15.6. The average molecular weight is 267 g/mol. The molecule has 0 amide bonds. The normalized spacial score (nSPS) is 15.0. The van der Waals surface area contributed by atoms with Gasteiger partial charge in [-0.25, -0.2) is 0 Å². The molecular weight excluding hydrogens is 255 g/mol. The van der Waals surface area contributed by atoms with Crippen molar-refractivity contribution in [2.75, 3.05) is 5.75 Å². The molecule has 15 heavy (non-hydrogen) atoms. The number of rotatable bonds is 4. The second-order valence-electron chi connectivity index (χ2n) is 3.23. The second-order valence-corrected chi connectivity index (χ2v) is 4.55. The van der Waals surface area contributed by atoms with E-state index in [9.17, 15) is 10.2 Å². The monoisotopic (exact) mass is 266 g/mol. The van der Waals surface area contributed by atoms with Crippen LogP contribution in [0.2, 0.25) is 10.0 Å². The van der Waals surface area contributed by atoms with E-state index < -0.39 is 12.2 Å². The minimum absolute atomic E-state index is 0.411. The van der Waals surface area contributed by atoms with Crippen molar-refractivity contribution in [2.45, 2.75) is 18.6 Å². The maximum Gasteiger partial charge on any atom is 0.105 e. The van der Waals surface area contributed by atoms with Gasteiger partial charge in [-0.05, 0) is 35.9 Å². The smallest absolute Gasteiger partial charge is 0.105 e. The van der Waals surface area contributed by atoms with Crippen LogP contribution >= 0.6 is 35.8 Å². The average Bonchev–Trinajstić information content (AvgIpc) is 2.15. The van der Waals surface area contributed by atoms with Crippen LogP contribution in [0.25, 0.3) is 0 Å². The Labute approximate surface area is 104 Å². The number of aliphatic hydroxyl groups is 2. The topological polar surface area (TPSA) is 40.5 Å². The Bertz CT molecular complexity index is 313. The lowest BCUT2D eigenvalue weighted by molar-refractivity contribution is 0.0172. The van der Waals surface area contributed by atoms with Crippen molar-refractivity contribution in [2.24, 2.45) is 0 Å². The van der Waals surface area contributed by atoms with Gasteiger partial charge in [0.25, 0.3) is 0 Å². The Morgan fingerprint density at radius 2 is 1.67 bits per heavy atom. The summed E-state index contributed by atoms with van der Waals surface area (Å²) in [6.07, 6.45) is -1.42. The maximum absolute atomic E-state index is 9.77. The lowest BCUT2D eigenvalue weighted by Crippen LogP contribution is -2.18. The van der Waals surface area contributed by atoms with Crippen LogP contribution in [0, 0.1) is 0 Å². The third-order valence-corrected chi connectivity index (χ3v) is 2.71. The SMILES string of the molecule is OC(CCS)C(O)c1cc(Cl)cc(Cl)c1. The molecule has 2 unspecified atom stereocenters. The molecule has 0 aliphatic carbocycles. The Kier molecular flexibility index (Phi) is 5.23. The van der Waals surface area contributed by atoms with Crippen LogP contribution in [0.5, 0.6) is 0 Å². The molecule has 2 N–H and O–H groups in total. The van der Waals surface area contributed by atoms with Crippen LogP contribution in [0.4, 0.5) is 0 Å². The van der Waals surface area contributed by atoms with Gasteiger partial charge in [0, 0.05) is 10.0 Å². The van der Waals surface area contributed by atoms with Crippen molar-refractivity contribution in [3.8, 4) is 0 Å². The van der Waals surface area contributed by atoms with Gasteiger partial charge in [-0.1, -0.05) is 23.2 Å². The highest BCUT2D eigenvalue weighted by Gasteiger charge is 2.18. The van der Waals surface area contributed by atoms with Gasteiger partial charge in [-0.2, -0.15) is 12.6 Å². The molecule has 0 saturated heterocycles. The Balaban J connectivity index is 2.85. The fraction of sp³-hybridized carbons (Fsp3) is 0.400. The highest BCUT2D eigenvalue weighted by Crippen LogP contribution is 2.26. The van der Waals surface area contributed by atoms with Crippen molar-refractivity contribution >= 4 is 35.8 Å². The quantitative estimate of drug-likeness (QED) is 0.734. The van der Waals surface area contributed by atoms with Crippen LogP contribution in [-0.4, -0.2) is 22.1 Å². The first-order valence-electron chi connectivity index (χ1n) is 4.47. The van der Waals surface area contributed by atoms with Gasteiger partial charge in [0.05, 0.1) is 6.10 Å². The molecule has 0 fully saturated rings. The van der Waals surface area contributed by atoms with Crippen molar-refractivity contribution in [1.82, 2.24) is 0 Å². The Morgan fingerprint density at radius 1 is 1.13 bits per heavy atom. The summed E-state index contributed by atoms with van der Waals surface area (Å²) in [6, 6.07) is 4.74. The van der Waals surface area contributed by atoms with E-state index in [0.717, 1.165) is 0 Å². The van der Waals surface area contributed by atoms with E-state index in [1.165, 1.54) is 0 Å². The predicted octanol–water partition coefficient (Wildman–Crippen LogP) is 2.71. The van der Waals surface area contributed by atoms with E-state index >= 15 is 0 Å². The summed E-state index contributed by atoms with van der Waals surface area (Å²) in [5, 5.41) is 20.2. The number of aliphatic hydroxyl groups excluding tert-OH is 2. The van der Waals surface area contributed by atoms with Gasteiger partial charge in [-0.15, -0.1) is 0 Å². The summed E-state index contributed by atoms with van der Waals surface area (Å²) in [7, 11) is 0. The minimum Gasteiger partial charge on any atom is -0.390 e. The molecule has 0 heterocycles. The van der Waals surface area contributed by atoms with E-state index in [1.54, 1.807) is 18.2 Å². The molecule has 0 spiro atoms. The van der Waals surface area contributed by atoms with Gasteiger partial charge in [-0.3, -0.25) is 0 Å². The standard InChI is InChI=1S/C10H12Cl2O2S/c11-7-3-6(4-8(12)5-7)10(14)9(13)1-2-15/h3-5,9-10,13-15H,1-2H2. The molecule has 84 valence electrons. The summed E-state index contributed by atoms with van der Waals surface area (Å²) in [5.41, 5.74) is 0.516. The number of halogens is 2. The van der Waals surface area contributed by atoms with Crippen molar-refractivity contribution in [3.63, 3.8) is 0 Å². The first-order chi connectivity index (χ1) is 7.04. The molecule has 0 bridgehead atoms. The number of thiol groups is 1. The predicted molar refractivity (Wildman–Crippen MR) is 65.9 cm³/mol. The Morgan fingerprint density at radius 3 is 2.13 bits per heavy atom. The molecule has 1 aromatic rings. The van der Waals surface area contributed by atoms with Gasteiger partial charge < -0.3 is 10.2 Å². The van der Waals surface area contributed by atoms with Crippen LogP contribution in [0.15, 0.2) is 18.2 Å².